The first-order chi connectivity index (χ1) is 13.6. The van der Waals surface area contributed by atoms with E-state index >= 15 is 0 Å². The normalized spacial score (nSPS) is 19.4. The summed E-state index contributed by atoms with van der Waals surface area (Å²) in [7, 11) is 0. The quantitative estimate of drug-likeness (QED) is 0.804. The zero-order valence-electron chi connectivity index (χ0n) is 15.3. The van der Waals surface area contributed by atoms with Crippen LogP contribution in [0, 0.1) is 0 Å². The summed E-state index contributed by atoms with van der Waals surface area (Å²) in [5.41, 5.74) is 1.46. The molecule has 1 aromatic carbocycles. The van der Waals surface area contributed by atoms with E-state index in [1.54, 1.807) is 17.2 Å². The Bertz CT molecular complexity index is 872. The Morgan fingerprint density at radius 2 is 2.00 bits per heavy atom. The van der Waals surface area contributed by atoms with Crippen LogP contribution in [0.1, 0.15) is 34.8 Å². The Morgan fingerprint density at radius 3 is 2.79 bits per heavy atom. The molecule has 2 aliphatic rings. The Balaban J connectivity index is 1.54. The highest BCUT2D eigenvalue weighted by molar-refractivity contribution is 6.33. The minimum Gasteiger partial charge on any atom is -0.492 e. The predicted molar refractivity (Wildman–Crippen MR) is 109 cm³/mol. The molecule has 1 saturated heterocycles. The van der Waals surface area contributed by atoms with Crippen molar-refractivity contribution in [1.82, 2.24) is 9.88 Å². The van der Waals surface area contributed by atoms with Gasteiger partial charge in [-0.05, 0) is 25.0 Å². The maximum absolute atomic E-state index is 12.6. The van der Waals surface area contributed by atoms with Gasteiger partial charge in [-0.1, -0.05) is 35.3 Å². The van der Waals surface area contributed by atoms with Crippen molar-refractivity contribution < 1.29 is 14.3 Å². The molecule has 1 unspecified atom stereocenters. The molecule has 28 heavy (non-hydrogen) atoms. The first kappa shape index (κ1) is 19.3. The lowest BCUT2D eigenvalue weighted by Gasteiger charge is -2.27. The minimum absolute atomic E-state index is 0.0259. The van der Waals surface area contributed by atoms with Gasteiger partial charge < -0.3 is 19.7 Å². The minimum atomic E-state index is -0.0794. The second-order valence-electron chi connectivity index (χ2n) is 6.80. The SMILES string of the molecule is O=C(c1cnc(NC2CCCOc3c(Cl)cccc32)c(Cl)c1)N1CCOCC1. The lowest BCUT2D eigenvalue weighted by Crippen LogP contribution is -2.40. The highest BCUT2D eigenvalue weighted by atomic mass is 35.5. The maximum atomic E-state index is 12.6. The van der Waals surface area contributed by atoms with Crippen LogP contribution >= 0.6 is 23.2 Å². The summed E-state index contributed by atoms with van der Waals surface area (Å²) in [4.78, 5) is 18.8. The van der Waals surface area contributed by atoms with Gasteiger partial charge in [-0.25, -0.2) is 4.98 Å². The number of para-hydroxylation sites is 1. The van der Waals surface area contributed by atoms with Crippen LogP contribution < -0.4 is 10.1 Å². The van der Waals surface area contributed by atoms with Gasteiger partial charge in [-0.2, -0.15) is 0 Å². The Morgan fingerprint density at radius 1 is 1.18 bits per heavy atom. The molecule has 0 bridgehead atoms. The van der Waals surface area contributed by atoms with Crippen molar-refractivity contribution in [1.29, 1.82) is 0 Å². The fourth-order valence-electron chi connectivity index (χ4n) is 3.49. The highest BCUT2D eigenvalue weighted by Gasteiger charge is 2.24. The fourth-order valence-corrected chi connectivity index (χ4v) is 3.95. The van der Waals surface area contributed by atoms with Gasteiger partial charge in [0.25, 0.3) is 5.91 Å². The van der Waals surface area contributed by atoms with E-state index in [2.05, 4.69) is 10.3 Å². The molecule has 1 amide bonds. The van der Waals surface area contributed by atoms with E-state index < -0.39 is 0 Å². The molecular weight excluding hydrogens is 401 g/mol. The number of amides is 1. The molecule has 0 radical (unpaired) electrons. The topological polar surface area (TPSA) is 63.7 Å². The monoisotopic (exact) mass is 421 g/mol. The maximum Gasteiger partial charge on any atom is 0.255 e. The van der Waals surface area contributed by atoms with E-state index in [1.165, 1.54) is 0 Å². The molecule has 1 fully saturated rings. The number of fused-ring (bicyclic) bond motifs is 1. The van der Waals surface area contributed by atoms with Crippen LogP contribution in [-0.2, 0) is 4.74 Å². The Kier molecular flexibility index (Phi) is 5.90. The van der Waals surface area contributed by atoms with Crippen molar-refractivity contribution in [2.45, 2.75) is 18.9 Å². The van der Waals surface area contributed by atoms with Gasteiger partial charge in [-0.15, -0.1) is 0 Å². The number of morpholine rings is 1. The van der Waals surface area contributed by atoms with Gasteiger partial charge in [-0.3, -0.25) is 4.79 Å². The van der Waals surface area contributed by atoms with Crippen LogP contribution in [0.4, 0.5) is 5.82 Å². The number of carbonyl (C=O) groups is 1. The number of aromatic nitrogens is 1. The van der Waals surface area contributed by atoms with Crippen LogP contribution in [0.2, 0.25) is 10.0 Å². The lowest BCUT2D eigenvalue weighted by atomic mass is 10.0. The number of hydrogen-bond acceptors (Lipinski definition) is 5. The number of anilines is 1. The molecule has 2 aromatic rings. The van der Waals surface area contributed by atoms with E-state index in [0.717, 1.165) is 18.4 Å². The summed E-state index contributed by atoms with van der Waals surface area (Å²) in [5, 5.41) is 4.40. The summed E-state index contributed by atoms with van der Waals surface area (Å²) in [6, 6.07) is 7.36. The van der Waals surface area contributed by atoms with E-state index in [9.17, 15) is 4.79 Å². The smallest absolute Gasteiger partial charge is 0.255 e. The third-order valence-electron chi connectivity index (χ3n) is 4.95. The number of rotatable bonds is 3. The molecule has 8 heteroatoms. The van der Waals surface area contributed by atoms with Gasteiger partial charge in [0.05, 0.1) is 41.5 Å². The number of pyridine rings is 1. The molecule has 1 aromatic heterocycles. The summed E-state index contributed by atoms with van der Waals surface area (Å²) >= 11 is 12.8. The number of nitrogens with zero attached hydrogens (tertiary/aromatic N) is 2. The van der Waals surface area contributed by atoms with Crippen molar-refractivity contribution in [3.8, 4) is 5.75 Å². The van der Waals surface area contributed by atoms with Gasteiger partial charge >= 0.3 is 0 Å². The standard InChI is InChI=1S/C20H21Cl2N3O3/c21-15-4-1-3-14-17(5-2-8-28-18(14)15)24-19-16(22)11-13(12-23-19)20(26)25-6-9-27-10-7-25/h1,3-4,11-12,17H,2,5-10H2,(H,23,24). The van der Waals surface area contributed by atoms with Crippen molar-refractivity contribution >= 4 is 34.9 Å². The van der Waals surface area contributed by atoms with Crippen LogP contribution in [0.3, 0.4) is 0 Å². The molecule has 4 rings (SSSR count). The number of hydrogen-bond donors (Lipinski definition) is 1. The first-order valence-electron chi connectivity index (χ1n) is 9.34. The molecular formula is C20H21Cl2N3O3. The zero-order chi connectivity index (χ0) is 19.5. The van der Waals surface area contributed by atoms with Crippen molar-refractivity contribution in [2.75, 3.05) is 38.2 Å². The average molecular weight is 422 g/mol. The van der Waals surface area contributed by atoms with Crippen LogP contribution in [0.25, 0.3) is 0 Å². The Hall–Kier alpha value is -2.02. The molecule has 3 heterocycles. The lowest BCUT2D eigenvalue weighted by molar-refractivity contribution is 0.0302. The largest absolute Gasteiger partial charge is 0.492 e. The van der Waals surface area contributed by atoms with Crippen LogP contribution in [0.15, 0.2) is 30.5 Å². The number of benzene rings is 1. The summed E-state index contributed by atoms with van der Waals surface area (Å²) in [5.74, 6) is 1.16. The van der Waals surface area contributed by atoms with E-state index in [0.29, 0.717) is 60.1 Å². The molecule has 2 aliphatic heterocycles. The number of carbonyl (C=O) groups excluding carboxylic acids is 1. The van der Waals surface area contributed by atoms with E-state index in [1.807, 2.05) is 18.2 Å². The van der Waals surface area contributed by atoms with Gasteiger partial charge in [0.15, 0.2) is 0 Å². The summed E-state index contributed by atoms with van der Waals surface area (Å²) < 4.78 is 11.1. The van der Waals surface area contributed by atoms with Crippen molar-refractivity contribution in [2.24, 2.45) is 0 Å². The second-order valence-corrected chi connectivity index (χ2v) is 7.62. The first-order valence-corrected chi connectivity index (χ1v) is 10.1. The van der Waals surface area contributed by atoms with Crippen LogP contribution in [0.5, 0.6) is 5.75 Å². The molecule has 1 atom stereocenters. The van der Waals surface area contributed by atoms with Gasteiger partial charge in [0, 0.05) is 24.8 Å². The van der Waals surface area contributed by atoms with Crippen molar-refractivity contribution in [3.05, 3.63) is 51.6 Å². The molecule has 0 saturated carbocycles. The predicted octanol–water partition coefficient (Wildman–Crippen LogP) is 4.19. The third-order valence-corrected chi connectivity index (χ3v) is 5.54. The number of nitrogens with one attached hydrogen (secondary N) is 1. The average Bonchev–Trinajstić information content (AvgIpc) is 2.93. The second kappa shape index (κ2) is 8.55. The summed E-state index contributed by atoms with van der Waals surface area (Å²) in [6.07, 6.45) is 3.31. The molecule has 6 nitrogen and oxygen atoms in total. The van der Waals surface area contributed by atoms with Gasteiger partial charge in [0.1, 0.15) is 11.6 Å². The molecule has 0 spiro atoms. The summed E-state index contributed by atoms with van der Waals surface area (Å²) in [6.45, 7) is 2.88. The molecule has 0 aliphatic carbocycles. The zero-order valence-corrected chi connectivity index (χ0v) is 16.8. The highest BCUT2D eigenvalue weighted by Crippen LogP contribution is 2.39. The molecule has 148 valence electrons. The van der Waals surface area contributed by atoms with E-state index in [-0.39, 0.29) is 11.9 Å². The van der Waals surface area contributed by atoms with Gasteiger partial charge in [0.2, 0.25) is 0 Å². The van der Waals surface area contributed by atoms with E-state index in [4.69, 9.17) is 32.7 Å². The fraction of sp³-hybridized carbons (Fsp3) is 0.400. The Labute approximate surface area is 173 Å². The number of ether oxygens (including phenoxy) is 2. The van der Waals surface area contributed by atoms with Crippen molar-refractivity contribution in [3.63, 3.8) is 0 Å². The molecule has 1 N–H and O–H groups in total. The third kappa shape index (κ3) is 4.04. The van der Waals surface area contributed by atoms with Crippen LogP contribution in [-0.4, -0.2) is 48.7 Å². The number of halogens is 2.